The van der Waals surface area contributed by atoms with Crippen LogP contribution < -0.4 is 10.2 Å². The molecule has 1 aromatic heterocycles. The highest BCUT2D eigenvalue weighted by atomic mass is 19.1. The number of rotatable bonds is 5. The van der Waals surface area contributed by atoms with E-state index in [-0.39, 0.29) is 30.6 Å². The molecule has 0 bridgehead atoms. The number of carbonyl (C=O) groups excluding carboxylic acids is 2. The van der Waals surface area contributed by atoms with Gasteiger partial charge in [0.2, 0.25) is 23.5 Å². The highest BCUT2D eigenvalue weighted by molar-refractivity contribution is 6.00. The van der Waals surface area contributed by atoms with Gasteiger partial charge in [-0.3, -0.25) is 9.59 Å². The molecule has 1 saturated heterocycles. The SMILES string of the molecule is Cc1nc(-c2cccc(N3C[C@H](C(=O)NCc4ccc(F)cc4)CC3=O)c2)no1. The Morgan fingerprint density at radius 1 is 1.28 bits per heavy atom. The van der Waals surface area contributed by atoms with Crippen LogP contribution in [0.1, 0.15) is 17.9 Å². The number of halogens is 1. The number of carbonyl (C=O) groups is 2. The highest BCUT2D eigenvalue weighted by Gasteiger charge is 2.35. The molecule has 2 amide bonds. The van der Waals surface area contributed by atoms with Gasteiger partial charge in [0.15, 0.2) is 0 Å². The zero-order valence-corrected chi connectivity index (χ0v) is 15.8. The van der Waals surface area contributed by atoms with Crippen molar-refractivity contribution in [3.63, 3.8) is 0 Å². The van der Waals surface area contributed by atoms with Crippen molar-refractivity contribution >= 4 is 17.5 Å². The molecule has 7 nitrogen and oxygen atoms in total. The number of nitrogens with zero attached hydrogens (tertiary/aromatic N) is 3. The number of aryl methyl sites for hydroxylation is 1. The molecule has 3 aromatic rings. The predicted molar refractivity (Wildman–Crippen MR) is 103 cm³/mol. The van der Waals surface area contributed by atoms with E-state index < -0.39 is 5.92 Å². The summed E-state index contributed by atoms with van der Waals surface area (Å²) < 4.78 is 18.0. The summed E-state index contributed by atoms with van der Waals surface area (Å²) in [5.74, 6) is -0.178. The Morgan fingerprint density at radius 3 is 2.79 bits per heavy atom. The third kappa shape index (κ3) is 4.16. The van der Waals surface area contributed by atoms with Gasteiger partial charge in [0.1, 0.15) is 5.82 Å². The number of anilines is 1. The second kappa shape index (κ2) is 7.83. The van der Waals surface area contributed by atoms with Crippen LogP contribution in [0.4, 0.5) is 10.1 Å². The molecule has 1 N–H and O–H groups in total. The summed E-state index contributed by atoms with van der Waals surface area (Å²) in [6.45, 7) is 2.29. The van der Waals surface area contributed by atoms with Crippen molar-refractivity contribution in [2.24, 2.45) is 5.92 Å². The fraction of sp³-hybridized carbons (Fsp3) is 0.238. The van der Waals surface area contributed by atoms with Crippen molar-refractivity contribution in [1.29, 1.82) is 0 Å². The van der Waals surface area contributed by atoms with Gasteiger partial charge in [-0.05, 0) is 29.8 Å². The Morgan fingerprint density at radius 2 is 2.07 bits per heavy atom. The standard InChI is InChI=1S/C21H19FN4O3/c1-13-24-20(25-29-13)15-3-2-4-18(9-15)26-12-16(10-19(26)27)21(28)23-11-14-5-7-17(22)8-6-14/h2-9,16H,10-12H2,1H3,(H,23,28)/t16-/m1/s1. The van der Waals surface area contributed by atoms with Crippen LogP contribution in [-0.2, 0) is 16.1 Å². The fourth-order valence-electron chi connectivity index (χ4n) is 3.30. The van der Waals surface area contributed by atoms with E-state index in [0.29, 0.717) is 23.9 Å². The molecule has 0 saturated carbocycles. The van der Waals surface area contributed by atoms with Crippen LogP contribution in [0.3, 0.4) is 0 Å². The maximum Gasteiger partial charge on any atom is 0.227 e. The molecule has 1 atom stereocenters. The normalized spacial score (nSPS) is 16.3. The molecule has 1 aliphatic rings. The lowest BCUT2D eigenvalue weighted by Gasteiger charge is -2.17. The second-order valence-electron chi connectivity index (χ2n) is 6.94. The number of nitrogens with one attached hydrogen (secondary N) is 1. The third-order valence-corrected chi connectivity index (χ3v) is 4.82. The quantitative estimate of drug-likeness (QED) is 0.719. The summed E-state index contributed by atoms with van der Waals surface area (Å²) in [6.07, 6.45) is 0.140. The van der Waals surface area contributed by atoms with Crippen LogP contribution in [0.15, 0.2) is 53.1 Å². The molecule has 8 heteroatoms. The Balaban J connectivity index is 1.42. The lowest BCUT2D eigenvalue weighted by Crippen LogP contribution is -2.32. The number of aromatic nitrogens is 2. The molecule has 1 aliphatic heterocycles. The van der Waals surface area contributed by atoms with Crippen LogP contribution in [0, 0.1) is 18.7 Å². The van der Waals surface area contributed by atoms with Gasteiger partial charge in [-0.15, -0.1) is 0 Å². The Hall–Kier alpha value is -3.55. The number of hydrogen-bond acceptors (Lipinski definition) is 5. The minimum absolute atomic E-state index is 0.117. The molecular formula is C21H19FN4O3. The topological polar surface area (TPSA) is 88.3 Å². The van der Waals surface area contributed by atoms with E-state index in [9.17, 15) is 14.0 Å². The van der Waals surface area contributed by atoms with Gasteiger partial charge in [0.25, 0.3) is 0 Å². The summed E-state index contributed by atoms with van der Waals surface area (Å²) in [4.78, 5) is 30.8. The average molecular weight is 394 g/mol. The van der Waals surface area contributed by atoms with E-state index in [1.54, 1.807) is 30.0 Å². The molecule has 29 heavy (non-hydrogen) atoms. The minimum atomic E-state index is -0.445. The van der Waals surface area contributed by atoms with Crippen LogP contribution in [0.25, 0.3) is 11.4 Å². The summed E-state index contributed by atoms with van der Waals surface area (Å²) in [7, 11) is 0. The lowest BCUT2D eigenvalue weighted by molar-refractivity contribution is -0.126. The molecule has 0 spiro atoms. The van der Waals surface area contributed by atoms with Crippen molar-refractivity contribution in [3.8, 4) is 11.4 Å². The van der Waals surface area contributed by atoms with E-state index in [4.69, 9.17) is 4.52 Å². The first-order valence-electron chi connectivity index (χ1n) is 9.23. The van der Waals surface area contributed by atoms with Crippen LogP contribution in [0.2, 0.25) is 0 Å². The van der Waals surface area contributed by atoms with E-state index in [1.807, 2.05) is 18.2 Å². The lowest BCUT2D eigenvalue weighted by atomic mass is 10.1. The summed E-state index contributed by atoms with van der Waals surface area (Å²) in [5, 5.41) is 6.72. The summed E-state index contributed by atoms with van der Waals surface area (Å²) in [6, 6.07) is 13.2. The third-order valence-electron chi connectivity index (χ3n) is 4.82. The summed E-state index contributed by atoms with van der Waals surface area (Å²) in [5.41, 5.74) is 2.21. The zero-order chi connectivity index (χ0) is 20.4. The van der Waals surface area contributed by atoms with Crippen LogP contribution >= 0.6 is 0 Å². The number of amides is 2. The number of benzene rings is 2. The van der Waals surface area contributed by atoms with Crippen molar-refractivity contribution in [2.75, 3.05) is 11.4 Å². The Kier molecular flexibility index (Phi) is 5.07. The zero-order valence-electron chi connectivity index (χ0n) is 15.8. The van der Waals surface area contributed by atoms with E-state index in [0.717, 1.165) is 11.1 Å². The van der Waals surface area contributed by atoms with Gasteiger partial charge in [-0.25, -0.2) is 4.39 Å². The number of hydrogen-bond donors (Lipinski definition) is 1. The average Bonchev–Trinajstić information content (AvgIpc) is 3.33. The van der Waals surface area contributed by atoms with Crippen LogP contribution in [-0.4, -0.2) is 28.5 Å². The first-order chi connectivity index (χ1) is 14.0. The molecule has 0 radical (unpaired) electrons. The van der Waals surface area contributed by atoms with Crippen molar-refractivity contribution in [3.05, 3.63) is 65.8 Å². The molecule has 0 aliphatic carbocycles. The molecule has 2 aromatic carbocycles. The molecule has 148 valence electrons. The van der Waals surface area contributed by atoms with Crippen LogP contribution in [0.5, 0.6) is 0 Å². The molecular weight excluding hydrogens is 375 g/mol. The van der Waals surface area contributed by atoms with E-state index >= 15 is 0 Å². The van der Waals surface area contributed by atoms with Gasteiger partial charge in [-0.1, -0.05) is 29.4 Å². The molecule has 2 heterocycles. The van der Waals surface area contributed by atoms with Gasteiger partial charge >= 0.3 is 0 Å². The van der Waals surface area contributed by atoms with Gasteiger partial charge in [0.05, 0.1) is 5.92 Å². The predicted octanol–water partition coefficient (Wildman–Crippen LogP) is 2.85. The smallest absolute Gasteiger partial charge is 0.227 e. The highest BCUT2D eigenvalue weighted by Crippen LogP contribution is 2.28. The van der Waals surface area contributed by atoms with E-state index in [2.05, 4.69) is 15.5 Å². The van der Waals surface area contributed by atoms with Crippen molar-refractivity contribution in [1.82, 2.24) is 15.5 Å². The van der Waals surface area contributed by atoms with Crippen molar-refractivity contribution in [2.45, 2.75) is 19.9 Å². The van der Waals surface area contributed by atoms with Gasteiger partial charge in [-0.2, -0.15) is 4.98 Å². The Bertz CT molecular complexity index is 1050. The summed E-state index contributed by atoms with van der Waals surface area (Å²) >= 11 is 0. The first-order valence-corrected chi connectivity index (χ1v) is 9.23. The monoisotopic (exact) mass is 394 g/mol. The van der Waals surface area contributed by atoms with Gasteiger partial charge < -0.3 is 14.7 Å². The molecule has 4 rings (SSSR count). The largest absolute Gasteiger partial charge is 0.352 e. The minimum Gasteiger partial charge on any atom is -0.352 e. The molecule has 1 fully saturated rings. The second-order valence-corrected chi connectivity index (χ2v) is 6.94. The van der Waals surface area contributed by atoms with E-state index in [1.165, 1.54) is 12.1 Å². The first kappa shape index (κ1) is 18.8. The maximum absolute atomic E-state index is 13.0. The fourth-order valence-corrected chi connectivity index (χ4v) is 3.30. The molecule has 0 unspecified atom stereocenters. The Labute approximate surface area is 166 Å². The van der Waals surface area contributed by atoms with Gasteiger partial charge in [0, 0.05) is 37.7 Å². The maximum atomic E-state index is 13.0. The van der Waals surface area contributed by atoms with Crippen molar-refractivity contribution < 1.29 is 18.5 Å².